The van der Waals surface area contributed by atoms with Gasteiger partial charge in [0.1, 0.15) is 0 Å². The van der Waals surface area contributed by atoms with Gasteiger partial charge in [-0.1, -0.05) is 48.5 Å². The van der Waals surface area contributed by atoms with Gasteiger partial charge < -0.3 is 5.41 Å². The second kappa shape index (κ2) is 6.59. The van der Waals surface area contributed by atoms with Gasteiger partial charge in [-0.25, -0.2) is 4.58 Å². The van der Waals surface area contributed by atoms with Crippen LogP contribution in [0.15, 0.2) is 60.7 Å². The lowest BCUT2D eigenvalue weighted by Crippen LogP contribution is -2.19. The van der Waals surface area contributed by atoms with E-state index in [-0.39, 0.29) is 0 Å². The van der Waals surface area contributed by atoms with Crippen LogP contribution in [0.2, 0.25) is 0 Å². The summed E-state index contributed by atoms with van der Waals surface area (Å²) in [5.41, 5.74) is 5.04. The third kappa shape index (κ3) is 2.88. The van der Waals surface area contributed by atoms with E-state index in [4.69, 9.17) is 10.8 Å². The van der Waals surface area contributed by atoms with Crippen LogP contribution < -0.4 is 0 Å². The molecule has 3 aromatic rings. The highest BCUT2D eigenvalue weighted by Gasteiger charge is 2.11. The minimum Gasteiger partial charge on any atom is -0.304 e. The van der Waals surface area contributed by atoms with Gasteiger partial charge in [-0.05, 0) is 46.5 Å². The monoisotopic (exact) mass is 314 g/mol. The smallest absolute Gasteiger partial charge is 0.277 e. The molecular formula is C21H20N3+. The molecule has 24 heavy (non-hydrogen) atoms. The highest BCUT2D eigenvalue weighted by molar-refractivity contribution is 6.35. The summed E-state index contributed by atoms with van der Waals surface area (Å²) in [7, 11) is 1.79. The molecule has 0 aromatic heterocycles. The molecule has 0 radical (unpaired) electrons. The number of nitrogens with one attached hydrogen (secondary N) is 2. The van der Waals surface area contributed by atoms with Crippen LogP contribution in [0.25, 0.3) is 21.9 Å². The topological polar surface area (TPSA) is 50.7 Å². The summed E-state index contributed by atoms with van der Waals surface area (Å²) >= 11 is 0. The quantitative estimate of drug-likeness (QED) is 0.405. The van der Waals surface area contributed by atoms with Gasteiger partial charge >= 0.3 is 0 Å². The molecule has 0 aliphatic carbocycles. The maximum atomic E-state index is 7.70. The van der Waals surface area contributed by atoms with Crippen molar-refractivity contribution in [3.05, 3.63) is 71.8 Å². The summed E-state index contributed by atoms with van der Waals surface area (Å²) < 4.78 is 1.65. The highest BCUT2D eigenvalue weighted by Crippen LogP contribution is 2.26. The zero-order chi connectivity index (χ0) is 17.1. The summed E-state index contributed by atoms with van der Waals surface area (Å²) in [4.78, 5) is 0. The molecule has 0 saturated carbocycles. The van der Waals surface area contributed by atoms with Crippen LogP contribution in [0.4, 0.5) is 0 Å². The summed E-state index contributed by atoms with van der Waals surface area (Å²) in [6.45, 7) is 2.03. The summed E-state index contributed by atoms with van der Waals surface area (Å²) in [6, 6.07) is 21.0. The molecule has 0 atom stereocenters. The van der Waals surface area contributed by atoms with Crippen molar-refractivity contribution >= 4 is 29.0 Å². The molecule has 0 bridgehead atoms. The van der Waals surface area contributed by atoms with Gasteiger partial charge in [-0.2, -0.15) is 0 Å². The zero-order valence-electron chi connectivity index (χ0n) is 13.9. The second-order valence-electron chi connectivity index (χ2n) is 5.86. The van der Waals surface area contributed by atoms with Crippen molar-refractivity contribution in [2.45, 2.75) is 6.92 Å². The lowest BCUT2D eigenvalue weighted by atomic mass is 9.95. The molecule has 0 heterocycles. The molecule has 3 rings (SSSR count). The van der Waals surface area contributed by atoms with Crippen LogP contribution >= 0.6 is 0 Å². The van der Waals surface area contributed by atoms with E-state index in [0.717, 1.165) is 22.3 Å². The molecule has 0 spiro atoms. The molecule has 3 heteroatoms. The molecule has 0 aliphatic heterocycles. The Kier molecular flexibility index (Phi) is 4.34. The van der Waals surface area contributed by atoms with Crippen LogP contribution in [0.3, 0.4) is 0 Å². The van der Waals surface area contributed by atoms with Gasteiger partial charge in [-0.15, -0.1) is 5.41 Å². The molecule has 0 aliphatic rings. The fourth-order valence-electron chi connectivity index (χ4n) is 2.89. The predicted octanol–water partition coefficient (Wildman–Crippen LogP) is 4.50. The summed E-state index contributed by atoms with van der Waals surface area (Å²) in [5.74, 6) is 0. The fourth-order valence-corrected chi connectivity index (χ4v) is 2.89. The lowest BCUT2D eigenvalue weighted by molar-refractivity contribution is -0.358. The van der Waals surface area contributed by atoms with Gasteiger partial charge in [0.2, 0.25) is 0 Å². The van der Waals surface area contributed by atoms with Crippen LogP contribution in [0, 0.1) is 17.7 Å². The highest BCUT2D eigenvalue weighted by atomic mass is 15.0. The maximum absolute atomic E-state index is 7.70. The van der Waals surface area contributed by atoms with Crippen LogP contribution in [-0.2, 0) is 0 Å². The first-order chi connectivity index (χ1) is 11.6. The molecule has 0 amide bonds. The fraction of sp³-hybridized carbons (Fsp3) is 0.0952. The third-order valence-corrected chi connectivity index (χ3v) is 4.31. The summed E-state index contributed by atoms with van der Waals surface area (Å²) in [5, 5.41) is 17.6. The van der Waals surface area contributed by atoms with E-state index in [0.29, 0.717) is 5.71 Å². The van der Waals surface area contributed by atoms with E-state index in [1.165, 1.54) is 23.3 Å². The number of hydrogen-bond acceptors (Lipinski definition) is 2. The van der Waals surface area contributed by atoms with Crippen LogP contribution in [-0.4, -0.2) is 29.9 Å². The minimum atomic E-state index is 0.713. The molecule has 2 N–H and O–H groups in total. The van der Waals surface area contributed by atoms with E-state index in [1.807, 2.05) is 19.1 Å². The molecule has 0 fully saturated rings. The number of fused-ring (bicyclic) bond motifs is 1. The van der Waals surface area contributed by atoms with Gasteiger partial charge in [0, 0.05) is 5.56 Å². The Bertz CT molecular complexity index is 968. The van der Waals surface area contributed by atoms with E-state index in [2.05, 4.69) is 48.5 Å². The number of rotatable bonds is 4. The van der Waals surface area contributed by atoms with Crippen molar-refractivity contribution < 1.29 is 4.58 Å². The molecule has 3 aromatic carbocycles. The zero-order valence-corrected chi connectivity index (χ0v) is 13.9. The van der Waals surface area contributed by atoms with Crippen molar-refractivity contribution in [2.75, 3.05) is 7.05 Å². The number of aryl methyl sites for hydroxylation is 1. The Labute approximate surface area is 141 Å². The summed E-state index contributed by atoms with van der Waals surface area (Å²) in [6.07, 6.45) is 2.53. The SMILES string of the molecule is Cc1ccc(-c2ccc3ccccc3c2)cc1C(C=N)=[N+](C)C=N. The van der Waals surface area contributed by atoms with Gasteiger partial charge in [-0.3, -0.25) is 0 Å². The number of hydrogen-bond donors (Lipinski definition) is 2. The largest absolute Gasteiger partial charge is 0.304 e. The van der Waals surface area contributed by atoms with Crippen molar-refractivity contribution in [3.8, 4) is 11.1 Å². The van der Waals surface area contributed by atoms with Crippen LogP contribution in [0.1, 0.15) is 11.1 Å². The normalized spacial score (nSPS) is 11.9. The van der Waals surface area contributed by atoms with Gasteiger partial charge in [0.25, 0.3) is 6.34 Å². The molecule has 0 unspecified atom stereocenters. The minimum absolute atomic E-state index is 0.713. The Hall–Kier alpha value is -3.07. The third-order valence-electron chi connectivity index (χ3n) is 4.31. The molecule has 118 valence electrons. The standard InChI is InChI=1S/C21H20N3/c1-15-7-8-19(12-20(15)21(13-22)24(2)14-23)18-10-9-16-5-3-4-6-17(16)11-18/h3-14,22-23H,1-2H3/q+1. The Balaban J connectivity index is 2.16. The van der Waals surface area contributed by atoms with Gasteiger partial charge in [0.05, 0.1) is 13.3 Å². The number of benzene rings is 3. The Morgan fingerprint density at radius 3 is 2.25 bits per heavy atom. The maximum Gasteiger partial charge on any atom is 0.277 e. The first kappa shape index (κ1) is 15.8. The Morgan fingerprint density at radius 2 is 1.54 bits per heavy atom. The predicted molar refractivity (Wildman–Crippen MR) is 102 cm³/mol. The van der Waals surface area contributed by atoms with Gasteiger partial charge in [0.15, 0.2) is 5.71 Å². The van der Waals surface area contributed by atoms with E-state index in [1.54, 1.807) is 11.6 Å². The van der Waals surface area contributed by atoms with Crippen molar-refractivity contribution in [1.29, 1.82) is 10.8 Å². The average Bonchev–Trinajstić information content (AvgIpc) is 2.63. The van der Waals surface area contributed by atoms with E-state index < -0.39 is 0 Å². The van der Waals surface area contributed by atoms with Crippen LogP contribution in [0.5, 0.6) is 0 Å². The first-order valence-corrected chi connectivity index (χ1v) is 7.85. The van der Waals surface area contributed by atoms with E-state index >= 15 is 0 Å². The molecule has 0 saturated heterocycles. The van der Waals surface area contributed by atoms with E-state index in [9.17, 15) is 0 Å². The van der Waals surface area contributed by atoms with Crippen molar-refractivity contribution in [2.24, 2.45) is 0 Å². The number of nitrogens with zero attached hydrogens (tertiary/aromatic N) is 1. The van der Waals surface area contributed by atoms with Crippen molar-refractivity contribution in [1.82, 2.24) is 0 Å². The lowest BCUT2D eigenvalue weighted by Gasteiger charge is -2.10. The first-order valence-electron chi connectivity index (χ1n) is 7.85. The average molecular weight is 314 g/mol. The molecular weight excluding hydrogens is 294 g/mol. The second-order valence-corrected chi connectivity index (χ2v) is 5.86. The Morgan fingerprint density at radius 1 is 0.875 bits per heavy atom. The molecule has 3 nitrogen and oxygen atoms in total. The van der Waals surface area contributed by atoms with Crippen molar-refractivity contribution in [3.63, 3.8) is 0 Å².